The fourth-order valence-electron chi connectivity index (χ4n) is 2.96. The number of aliphatic hydroxyl groups excluding tert-OH is 1. The molecular weight excluding hydrogens is 230 g/mol. The predicted molar refractivity (Wildman–Crippen MR) is 68.2 cm³/mol. The third kappa shape index (κ3) is 2.42. The zero-order valence-corrected chi connectivity index (χ0v) is 11.5. The highest BCUT2D eigenvalue weighted by Crippen LogP contribution is 2.48. The number of hydrogen-bond donors (Lipinski definition) is 1. The molecule has 5 heteroatoms. The first-order valence-corrected chi connectivity index (χ1v) is 6.62. The zero-order valence-electron chi connectivity index (χ0n) is 11.5. The molecule has 0 spiro atoms. The van der Waals surface area contributed by atoms with Crippen molar-refractivity contribution < 1.29 is 9.84 Å². The van der Waals surface area contributed by atoms with E-state index in [0.29, 0.717) is 24.9 Å². The molecule has 1 aromatic heterocycles. The number of nitrogens with zero attached hydrogens (tertiary/aromatic N) is 3. The van der Waals surface area contributed by atoms with Crippen LogP contribution in [0.2, 0.25) is 0 Å². The summed E-state index contributed by atoms with van der Waals surface area (Å²) in [7, 11) is 1.68. The molecule has 1 heterocycles. The molecule has 1 fully saturated rings. The highest BCUT2D eigenvalue weighted by Gasteiger charge is 2.38. The summed E-state index contributed by atoms with van der Waals surface area (Å²) in [6.45, 7) is 5.84. The van der Waals surface area contributed by atoms with E-state index < -0.39 is 0 Å². The van der Waals surface area contributed by atoms with Crippen molar-refractivity contribution in [2.75, 3.05) is 13.7 Å². The van der Waals surface area contributed by atoms with E-state index >= 15 is 0 Å². The molecule has 1 aliphatic carbocycles. The van der Waals surface area contributed by atoms with Gasteiger partial charge in [0.15, 0.2) is 5.82 Å². The molecule has 0 radical (unpaired) electrons. The quantitative estimate of drug-likeness (QED) is 0.868. The highest BCUT2D eigenvalue weighted by atomic mass is 16.5. The number of rotatable bonds is 5. The summed E-state index contributed by atoms with van der Waals surface area (Å²) in [5.74, 6) is 2.09. The smallest absolute Gasteiger partial charge is 0.158 e. The normalized spacial score (nSPS) is 22.6. The van der Waals surface area contributed by atoms with Crippen molar-refractivity contribution >= 4 is 0 Å². The first kappa shape index (κ1) is 13.5. The van der Waals surface area contributed by atoms with Crippen LogP contribution in [0.4, 0.5) is 0 Å². The zero-order chi connectivity index (χ0) is 13.2. The molecule has 2 rings (SSSR count). The van der Waals surface area contributed by atoms with E-state index in [1.165, 1.54) is 12.8 Å². The van der Waals surface area contributed by atoms with E-state index in [9.17, 15) is 5.11 Å². The summed E-state index contributed by atoms with van der Waals surface area (Å²) in [6, 6.07) is 0. The number of aliphatic hydroxyl groups is 1. The molecule has 1 atom stereocenters. The van der Waals surface area contributed by atoms with Gasteiger partial charge in [0.2, 0.25) is 0 Å². The van der Waals surface area contributed by atoms with Gasteiger partial charge in [-0.2, -0.15) is 0 Å². The molecule has 1 aliphatic rings. The van der Waals surface area contributed by atoms with E-state index in [1.54, 1.807) is 7.11 Å². The minimum Gasteiger partial charge on any atom is -0.388 e. The monoisotopic (exact) mass is 253 g/mol. The number of ether oxygens (including phenoxy) is 1. The van der Waals surface area contributed by atoms with Crippen LogP contribution in [0.25, 0.3) is 0 Å². The van der Waals surface area contributed by atoms with Gasteiger partial charge < -0.3 is 14.4 Å². The molecule has 0 amide bonds. The van der Waals surface area contributed by atoms with Crippen LogP contribution >= 0.6 is 0 Å². The van der Waals surface area contributed by atoms with Crippen LogP contribution in [0.15, 0.2) is 0 Å². The van der Waals surface area contributed by atoms with E-state index in [2.05, 4.69) is 24.0 Å². The summed E-state index contributed by atoms with van der Waals surface area (Å²) in [5.41, 5.74) is 0.268. The van der Waals surface area contributed by atoms with Gasteiger partial charge in [-0.15, -0.1) is 10.2 Å². The van der Waals surface area contributed by atoms with Crippen LogP contribution in [-0.4, -0.2) is 33.6 Å². The molecule has 5 nitrogen and oxygen atoms in total. The molecule has 1 aromatic rings. The lowest BCUT2D eigenvalue weighted by molar-refractivity contribution is 0.179. The fraction of sp³-hybridized carbons (Fsp3) is 0.846. The molecule has 0 aliphatic heterocycles. The SMILES string of the molecule is COCCn1c(CO)nnc1C1CCCC1(C)C. The van der Waals surface area contributed by atoms with E-state index in [-0.39, 0.29) is 12.0 Å². The van der Waals surface area contributed by atoms with Gasteiger partial charge in [-0.3, -0.25) is 0 Å². The first-order valence-electron chi connectivity index (χ1n) is 6.62. The van der Waals surface area contributed by atoms with Crippen LogP contribution in [0.1, 0.15) is 50.7 Å². The maximum Gasteiger partial charge on any atom is 0.158 e. The summed E-state index contributed by atoms with van der Waals surface area (Å²) < 4.78 is 7.16. The van der Waals surface area contributed by atoms with Gasteiger partial charge in [0.05, 0.1) is 6.61 Å². The molecule has 0 aromatic carbocycles. The predicted octanol–water partition coefficient (Wildman–Crippen LogP) is 1.71. The van der Waals surface area contributed by atoms with E-state index in [4.69, 9.17) is 4.74 Å². The Morgan fingerprint density at radius 1 is 1.44 bits per heavy atom. The maximum atomic E-state index is 9.34. The molecular formula is C13H23N3O2. The van der Waals surface area contributed by atoms with Crippen molar-refractivity contribution in [3.8, 4) is 0 Å². The lowest BCUT2D eigenvalue weighted by atomic mass is 9.81. The molecule has 0 saturated heterocycles. The Morgan fingerprint density at radius 3 is 2.78 bits per heavy atom. The molecule has 1 unspecified atom stereocenters. The minimum absolute atomic E-state index is 0.0656. The van der Waals surface area contributed by atoms with Crippen LogP contribution in [0.3, 0.4) is 0 Å². The van der Waals surface area contributed by atoms with Gasteiger partial charge >= 0.3 is 0 Å². The second kappa shape index (κ2) is 5.36. The van der Waals surface area contributed by atoms with Crippen molar-refractivity contribution in [1.29, 1.82) is 0 Å². The summed E-state index contributed by atoms with van der Waals surface area (Å²) in [6.07, 6.45) is 3.62. The Labute approximate surface area is 108 Å². The van der Waals surface area contributed by atoms with Gasteiger partial charge in [-0.1, -0.05) is 20.3 Å². The fourth-order valence-corrected chi connectivity index (χ4v) is 2.96. The topological polar surface area (TPSA) is 60.2 Å². The van der Waals surface area contributed by atoms with E-state index in [1.807, 2.05) is 4.57 Å². The Kier molecular flexibility index (Phi) is 4.02. The third-order valence-electron chi connectivity index (χ3n) is 4.09. The van der Waals surface area contributed by atoms with Crippen molar-refractivity contribution in [1.82, 2.24) is 14.8 Å². The first-order chi connectivity index (χ1) is 8.60. The van der Waals surface area contributed by atoms with Crippen LogP contribution in [0.5, 0.6) is 0 Å². The molecule has 18 heavy (non-hydrogen) atoms. The lowest BCUT2D eigenvalue weighted by Crippen LogP contribution is -2.21. The van der Waals surface area contributed by atoms with Crippen LogP contribution in [-0.2, 0) is 17.9 Å². The van der Waals surface area contributed by atoms with Crippen molar-refractivity contribution in [2.45, 2.75) is 52.2 Å². The second-order valence-corrected chi connectivity index (χ2v) is 5.71. The van der Waals surface area contributed by atoms with Crippen molar-refractivity contribution in [3.05, 3.63) is 11.6 Å². The number of aromatic nitrogens is 3. The number of hydrogen-bond acceptors (Lipinski definition) is 4. The number of methoxy groups -OCH3 is 1. The average molecular weight is 253 g/mol. The Bertz CT molecular complexity index is 401. The minimum atomic E-state index is -0.0656. The van der Waals surface area contributed by atoms with Gasteiger partial charge in [-0.25, -0.2) is 0 Å². The van der Waals surface area contributed by atoms with Gasteiger partial charge in [0, 0.05) is 19.6 Å². The molecule has 1 saturated carbocycles. The molecule has 102 valence electrons. The largest absolute Gasteiger partial charge is 0.388 e. The van der Waals surface area contributed by atoms with Gasteiger partial charge in [-0.05, 0) is 18.3 Å². The van der Waals surface area contributed by atoms with Gasteiger partial charge in [0.1, 0.15) is 12.4 Å². The molecule has 1 N–H and O–H groups in total. The average Bonchev–Trinajstić information content (AvgIpc) is 2.88. The Morgan fingerprint density at radius 2 is 2.22 bits per heavy atom. The van der Waals surface area contributed by atoms with Gasteiger partial charge in [0.25, 0.3) is 0 Å². The summed E-state index contributed by atoms with van der Waals surface area (Å²) in [4.78, 5) is 0. The Balaban J connectivity index is 2.29. The van der Waals surface area contributed by atoms with Crippen LogP contribution in [0, 0.1) is 5.41 Å². The summed E-state index contributed by atoms with van der Waals surface area (Å²) in [5, 5.41) is 17.8. The Hall–Kier alpha value is -0.940. The third-order valence-corrected chi connectivity index (χ3v) is 4.09. The second-order valence-electron chi connectivity index (χ2n) is 5.71. The van der Waals surface area contributed by atoms with Crippen LogP contribution < -0.4 is 0 Å². The van der Waals surface area contributed by atoms with Crippen molar-refractivity contribution in [3.63, 3.8) is 0 Å². The standard InChI is InChI=1S/C13H23N3O2/c1-13(2)6-4-5-10(13)12-15-14-11(9-17)16(12)7-8-18-3/h10,17H,4-9H2,1-3H3. The maximum absolute atomic E-state index is 9.34. The lowest BCUT2D eigenvalue weighted by Gasteiger charge is -2.26. The van der Waals surface area contributed by atoms with Crippen molar-refractivity contribution in [2.24, 2.45) is 5.41 Å². The van der Waals surface area contributed by atoms with E-state index in [0.717, 1.165) is 12.2 Å². The highest BCUT2D eigenvalue weighted by molar-refractivity contribution is 5.09. The summed E-state index contributed by atoms with van der Waals surface area (Å²) >= 11 is 0. The molecule has 0 bridgehead atoms.